The lowest BCUT2D eigenvalue weighted by Gasteiger charge is -2.26. The summed E-state index contributed by atoms with van der Waals surface area (Å²) in [5.74, 6) is -0.247. The molecule has 0 bridgehead atoms. The van der Waals surface area contributed by atoms with E-state index in [1.54, 1.807) is 12.1 Å². The van der Waals surface area contributed by atoms with Gasteiger partial charge in [0.2, 0.25) is 0 Å². The molecule has 1 aliphatic carbocycles. The number of urea groups is 1. The molecule has 128 valence electrons. The molecule has 2 rings (SSSR count). The van der Waals surface area contributed by atoms with Gasteiger partial charge in [-0.05, 0) is 37.8 Å². The minimum atomic E-state index is -0.475. The quantitative estimate of drug-likeness (QED) is 0.770. The minimum absolute atomic E-state index is 0.0976. The number of carbonyl (C=O) groups excluding carboxylic acids is 1. The molecule has 0 radical (unpaired) electrons. The van der Waals surface area contributed by atoms with Gasteiger partial charge in [0.15, 0.2) is 11.6 Å². The van der Waals surface area contributed by atoms with Crippen LogP contribution in [0.2, 0.25) is 0 Å². The predicted octanol–water partition coefficient (Wildman–Crippen LogP) is 3.38. The van der Waals surface area contributed by atoms with Gasteiger partial charge in [0, 0.05) is 24.8 Å². The normalized spacial score (nSPS) is 14.2. The smallest absolute Gasteiger partial charge is 0.321 e. The molecule has 0 spiro atoms. The number of amides is 2. The van der Waals surface area contributed by atoms with E-state index in [9.17, 15) is 9.18 Å². The van der Waals surface area contributed by atoms with Crippen molar-refractivity contribution in [3.05, 3.63) is 24.0 Å². The fourth-order valence-electron chi connectivity index (χ4n) is 2.33. The topological polar surface area (TPSA) is 61.8 Å². The van der Waals surface area contributed by atoms with E-state index in [0.717, 1.165) is 32.1 Å². The van der Waals surface area contributed by atoms with Crippen LogP contribution in [-0.4, -0.2) is 41.8 Å². The highest BCUT2D eigenvalue weighted by molar-refractivity contribution is 5.89. The van der Waals surface area contributed by atoms with Crippen LogP contribution in [-0.2, 0) is 0 Å². The Kier molecular flexibility index (Phi) is 6.65. The Balaban J connectivity index is 1.94. The average molecular weight is 324 g/mol. The van der Waals surface area contributed by atoms with Crippen molar-refractivity contribution < 1.29 is 19.0 Å². The molecule has 1 fully saturated rings. The molecule has 0 saturated heterocycles. The maximum absolute atomic E-state index is 14.0. The van der Waals surface area contributed by atoms with E-state index in [4.69, 9.17) is 9.84 Å². The molecule has 1 aliphatic rings. The number of aliphatic hydroxyl groups is 1. The predicted molar refractivity (Wildman–Crippen MR) is 87.3 cm³/mol. The largest absolute Gasteiger partial charge is 0.487 e. The van der Waals surface area contributed by atoms with Gasteiger partial charge < -0.3 is 20.1 Å². The molecule has 23 heavy (non-hydrogen) atoms. The van der Waals surface area contributed by atoms with Gasteiger partial charge in [-0.25, -0.2) is 9.18 Å². The van der Waals surface area contributed by atoms with E-state index >= 15 is 0 Å². The van der Waals surface area contributed by atoms with Crippen LogP contribution in [0.1, 0.15) is 39.0 Å². The third kappa shape index (κ3) is 5.10. The van der Waals surface area contributed by atoms with Crippen molar-refractivity contribution in [3.8, 4) is 5.75 Å². The van der Waals surface area contributed by atoms with Crippen molar-refractivity contribution in [1.29, 1.82) is 0 Å². The van der Waals surface area contributed by atoms with Gasteiger partial charge in [-0.1, -0.05) is 13.3 Å². The van der Waals surface area contributed by atoms with Crippen molar-refractivity contribution >= 4 is 11.7 Å². The second-order valence-corrected chi connectivity index (χ2v) is 5.81. The lowest BCUT2D eigenvalue weighted by Crippen LogP contribution is -2.37. The van der Waals surface area contributed by atoms with Gasteiger partial charge in [-0.2, -0.15) is 0 Å². The van der Waals surface area contributed by atoms with Crippen molar-refractivity contribution in [2.75, 3.05) is 25.0 Å². The molecule has 0 atom stereocenters. The van der Waals surface area contributed by atoms with Gasteiger partial charge in [-0.3, -0.25) is 0 Å². The molecule has 6 heteroatoms. The van der Waals surface area contributed by atoms with Crippen LogP contribution < -0.4 is 10.1 Å². The van der Waals surface area contributed by atoms with E-state index in [2.05, 4.69) is 5.32 Å². The van der Waals surface area contributed by atoms with Gasteiger partial charge >= 0.3 is 6.03 Å². The maximum atomic E-state index is 14.0. The molecule has 1 aromatic carbocycles. The third-order valence-electron chi connectivity index (χ3n) is 3.97. The molecule has 0 heterocycles. The molecule has 0 unspecified atom stereocenters. The highest BCUT2D eigenvalue weighted by Gasteiger charge is 2.21. The zero-order valence-electron chi connectivity index (χ0n) is 13.6. The van der Waals surface area contributed by atoms with Crippen molar-refractivity contribution in [3.63, 3.8) is 0 Å². The Morgan fingerprint density at radius 3 is 2.78 bits per heavy atom. The number of unbranched alkanes of at least 4 members (excludes halogenated alkanes) is 1. The molecule has 2 N–H and O–H groups in total. The first-order valence-electron chi connectivity index (χ1n) is 8.27. The molecular weight excluding hydrogens is 299 g/mol. The fraction of sp³-hybridized carbons (Fsp3) is 0.588. The zero-order valence-corrected chi connectivity index (χ0v) is 13.6. The summed E-state index contributed by atoms with van der Waals surface area (Å²) in [6.07, 6.45) is 4.97. The monoisotopic (exact) mass is 324 g/mol. The van der Waals surface area contributed by atoms with Gasteiger partial charge in [0.25, 0.3) is 0 Å². The van der Waals surface area contributed by atoms with Gasteiger partial charge in [-0.15, -0.1) is 0 Å². The summed E-state index contributed by atoms with van der Waals surface area (Å²) >= 11 is 0. The second kappa shape index (κ2) is 8.72. The molecule has 1 saturated carbocycles. The van der Waals surface area contributed by atoms with Gasteiger partial charge in [0.05, 0.1) is 12.7 Å². The number of hydrogen-bond donors (Lipinski definition) is 2. The Hall–Kier alpha value is -1.82. The Morgan fingerprint density at radius 1 is 1.43 bits per heavy atom. The zero-order chi connectivity index (χ0) is 16.7. The summed E-state index contributed by atoms with van der Waals surface area (Å²) in [4.78, 5) is 13.7. The number of aliphatic hydroxyl groups excluding tert-OH is 1. The minimum Gasteiger partial charge on any atom is -0.487 e. The molecular formula is C17H25FN2O3. The van der Waals surface area contributed by atoms with E-state index < -0.39 is 5.82 Å². The maximum Gasteiger partial charge on any atom is 0.321 e. The van der Waals surface area contributed by atoms with Crippen LogP contribution in [0.15, 0.2) is 18.2 Å². The summed E-state index contributed by atoms with van der Waals surface area (Å²) in [6, 6.07) is 4.11. The van der Waals surface area contributed by atoms with Crippen LogP contribution in [0.4, 0.5) is 14.9 Å². The molecule has 0 aliphatic heterocycles. The van der Waals surface area contributed by atoms with E-state index in [-0.39, 0.29) is 31.0 Å². The van der Waals surface area contributed by atoms with Crippen LogP contribution in [0.25, 0.3) is 0 Å². The van der Waals surface area contributed by atoms with Crippen molar-refractivity contribution in [1.82, 2.24) is 4.90 Å². The lowest BCUT2D eigenvalue weighted by molar-refractivity contribution is 0.115. The van der Waals surface area contributed by atoms with Crippen LogP contribution in [0.5, 0.6) is 5.75 Å². The van der Waals surface area contributed by atoms with E-state index in [1.165, 1.54) is 11.0 Å². The second-order valence-electron chi connectivity index (χ2n) is 5.81. The number of benzene rings is 1. The standard InChI is InChI=1S/C17H25FN2O3/c1-2-3-9-20(10-11-21)17(22)19-13-7-8-16(15(18)12-13)23-14-5-4-6-14/h7-8,12,14,21H,2-6,9-11H2,1H3,(H,19,22). The number of ether oxygens (including phenoxy) is 1. The van der Waals surface area contributed by atoms with Gasteiger partial charge in [0.1, 0.15) is 0 Å². The fourth-order valence-corrected chi connectivity index (χ4v) is 2.33. The molecule has 0 aromatic heterocycles. The molecule has 5 nitrogen and oxygen atoms in total. The van der Waals surface area contributed by atoms with Crippen LogP contribution >= 0.6 is 0 Å². The number of anilines is 1. The summed E-state index contributed by atoms with van der Waals surface area (Å²) in [5, 5.41) is 11.7. The first-order chi connectivity index (χ1) is 11.1. The van der Waals surface area contributed by atoms with E-state index in [1.807, 2.05) is 6.92 Å². The van der Waals surface area contributed by atoms with Crippen molar-refractivity contribution in [2.24, 2.45) is 0 Å². The van der Waals surface area contributed by atoms with Crippen LogP contribution in [0, 0.1) is 5.82 Å². The first-order valence-corrected chi connectivity index (χ1v) is 8.27. The van der Waals surface area contributed by atoms with Crippen molar-refractivity contribution in [2.45, 2.75) is 45.1 Å². The average Bonchev–Trinajstić information content (AvgIpc) is 2.48. The summed E-state index contributed by atoms with van der Waals surface area (Å²) < 4.78 is 19.6. The lowest BCUT2D eigenvalue weighted by atomic mass is 9.96. The number of nitrogens with zero attached hydrogens (tertiary/aromatic N) is 1. The number of carbonyl (C=O) groups is 1. The molecule has 2 amide bonds. The number of hydrogen-bond acceptors (Lipinski definition) is 3. The summed E-state index contributed by atoms with van der Waals surface area (Å²) in [6.45, 7) is 2.76. The van der Waals surface area contributed by atoms with Crippen LogP contribution in [0.3, 0.4) is 0 Å². The number of rotatable bonds is 8. The highest BCUT2D eigenvalue weighted by Crippen LogP contribution is 2.28. The van der Waals surface area contributed by atoms with E-state index in [0.29, 0.717) is 12.2 Å². The Labute approximate surface area is 136 Å². The third-order valence-corrected chi connectivity index (χ3v) is 3.97. The summed E-state index contributed by atoms with van der Waals surface area (Å²) in [5.41, 5.74) is 0.382. The Bertz CT molecular complexity index is 521. The summed E-state index contributed by atoms with van der Waals surface area (Å²) in [7, 11) is 0. The first kappa shape index (κ1) is 17.5. The number of nitrogens with one attached hydrogen (secondary N) is 1. The number of halogens is 1. The highest BCUT2D eigenvalue weighted by atomic mass is 19.1. The SMILES string of the molecule is CCCCN(CCO)C(=O)Nc1ccc(OC2CCC2)c(F)c1. The molecule has 1 aromatic rings. The Morgan fingerprint density at radius 2 is 2.22 bits per heavy atom.